The van der Waals surface area contributed by atoms with E-state index in [1.165, 1.54) is 6.07 Å². The van der Waals surface area contributed by atoms with E-state index in [4.69, 9.17) is 15.3 Å². The number of sulfonamides is 1. The highest BCUT2D eigenvalue weighted by molar-refractivity contribution is 7.89. The number of carbonyl (C=O) groups excluding carboxylic acids is 1. The van der Waals surface area contributed by atoms with Crippen LogP contribution in [0.4, 0.5) is 0 Å². The Morgan fingerprint density at radius 2 is 2.11 bits per heavy atom. The van der Waals surface area contributed by atoms with Gasteiger partial charge >= 0.3 is 0 Å². The molecule has 0 aromatic carbocycles. The van der Waals surface area contributed by atoms with E-state index in [9.17, 15) is 13.2 Å². The lowest BCUT2D eigenvalue weighted by atomic mass is 10.2. The van der Waals surface area contributed by atoms with Crippen LogP contribution in [0, 0.1) is 5.92 Å². The molecule has 19 heavy (non-hydrogen) atoms. The number of hydrogen-bond donors (Lipinski definition) is 3. The van der Waals surface area contributed by atoms with Gasteiger partial charge in [-0.05, 0) is 30.9 Å². The number of carbonyl (C=O) groups is 1. The molecule has 0 bridgehead atoms. The second kappa shape index (κ2) is 5.91. The summed E-state index contributed by atoms with van der Waals surface area (Å²) in [4.78, 5) is 11.6. The van der Waals surface area contributed by atoms with Gasteiger partial charge in [-0.15, -0.1) is 12.4 Å². The van der Waals surface area contributed by atoms with Crippen molar-refractivity contribution in [3.63, 3.8) is 0 Å². The van der Waals surface area contributed by atoms with E-state index in [0.717, 1.165) is 18.9 Å². The molecule has 5 N–H and O–H groups in total. The summed E-state index contributed by atoms with van der Waals surface area (Å²) < 4.78 is 26.8. The minimum atomic E-state index is -3.92. The number of nitrogens with one attached hydrogen (secondary N) is 1. The number of furan rings is 1. The number of nitrogens with two attached hydrogens (primary N) is 2. The van der Waals surface area contributed by atoms with Gasteiger partial charge in [-0.3, -0.25) is 4.79 Å². The minimum Gasteiger partial charge on any atom is -0.438 e. The lowest BCUT2D eigenvalue weighted by Gasteiger charge is -2.10. The molecule has 1 aliphatic rings. The molecule has 0 radical (unpaired) electrons. The smallest absolute Gasteiger partial charge is 0.287 e. The number of amides is 1. The molecular weight excluding hydrogens is 294 g/mol. The third kappa shape index (κ3) is 4.20. The summed E-state index contributed by atoms with van der Waals surface area (Å²) in [6, 6.07) is 2.34. The predicted molar refractivity (Wildman–Crippen MR) is 70.4 cm³/mol. The molecule has 1 heterocycles. The van der Waals surface area contributed by atoms with E-state index in [1.54, 1.807) is 0 Å². The van der Waals surface area contributed by atoms with Crippen molar-refractivity contribution < 1.29 is 17.6 Å². The Morgan fingerprint density at radius 1 is 1.47 bits per heavy atom. The largest absolute Gasteiger partial charge is 0.438 e. The first-order valence-corrected chi connectivity index (χ1v) is 7.09. The number of primary sulfonamides is 1. The summed E-state index contributed by atoms with van der Waals surface area (Å²) in [6.45, 7) is 0.342. The molecule has 1 atom stereocenters. The molecule has 1 fully saturated rings. The van der Waals surface area contributed by atoms with Gasteiger partial charge in [-0.2, -0.15) is 0 Å². The molecule has 1 aliphatic carbocycles. The summed E-state index contributed by atoms with van der Waals surface area (Å²) in [5, 5.41) is 7.03. The van der Waals surface area contributed by atoms with Crippen molar-refractivity contribution in [2.75, 3.05) is 6.54 Å². The van der Waals surface area contributed by atoms with E-state index < -0.39 is 21.0 Å². The van der Waals surface area contributed by atoms with Gasteiger partial charge in [-0.25, -0.2) is 13.6 Å². The molecule has 7 nitrogen and oxygen atoms in total. The Morgan fingerprint density at radius 3 is 2.58 bits per heavy atom. The van der Waals surface area contributed by atoms with Gasteiger partial charge in [0.25, 0.3) is 15.9 Å². The normalized spacial score (nSPS) is 16.5. The van der Waals surface area contributed by atoms with Gasteiger partial charge in [-0.1, -0.05) is 0 Å². The summed E-state index contributed by atoms with van der Waals surface area (Å²) in [6.07, 6.45) is 2.18. The van der Waals surface area contributed by atoms with E-state index in [2.05, 4.69) is 5.32 Å². The van der Waals surface area contributed by atoms with Crippen LogP contribution in [0.2, 0.25) is 0 Å². The zero-order chi connectivity index (χ0) is 13.3. The molecule has 1 saturated carbocycles. The third-order valence-corrected chi connectivity index (χ3v) is 3.59. The number of hydrogen-bond acceptors (Lipinski definition) is 5. The summed E-state index contributed by atoms with van der Waals surface area (Å²) >= 11 is 0. The van der Waals surface area contributed by atoms with Crippen LogP contribution in [0.1, 0.15) is 23.4 Å². The quantitative estimate of drug-likeness (QED) is 0.694. The van der Waals surface area contributed by atoms with E-state index in [0.29, 0.717) is 12.5 Å². The van der Waals surface area contributed by atoms with Gasteiger partial charge in [0.05, 0.1) is 0 Å². The molecule has 2 rings (SSSR count). The minimum absolute atomic E-state index is 0. The van der Waals surface area contributed by atoms with Crippen molar-refractivity contribution in [1.82, 2.24) is 5.32 Å². The van der Waals surface area contributed by atoms with Crippen LogP contribution in [-0.2, 0) is 10.0 Å². The van der Waals surface area contributed by atoms with Crippen LogP contribution in [0.3, 0.4) is 0 Å². The molecule has 108 valence electrons. The zero-order valence-electron chi connectivity index (χ0n) is 10.0. The van der Waals surface area contributed by atoms with Gasteiger partial charge < -0.3 is 15.5 Å². The molecule has 1 aromatic rings. The monoisotopic (exact) mass is 309 g/mol. The molecule has 9 heteroatoms. The number of halogens is 1. The van der Waals surface area contributed by atoms with Crippen molar-refractivity contribution in [1.29, 1.82) is 0 Å². The highest BCUT2D eigenvalue weighted by atomic mass is 35.5. The first-order valence-electron chi connectivity index (χ1n) is 5.54. The predicted octanol–water partition coefficient (Wildman–Crippen LogP) is -0.184. The average molecular weight is 310 g/mol. The Kier molecular flexibility index (Phi) is 4.97. The van der Waals surface area contributed by atoms with Crippen LogP contribution in [0.5, 0.6) is 0 Å². The maximum atomic E-state index is 11.6. The van der Waals surface area contributed by atoms with Gasteiger partial charge in [0.2, 0.25) is 5.09 Å². The average Bonchev–Trinajstić information content (AvgIpc) is 3.00. The Hall–Kier alpha value is -1.09. The molecule has 0 spiro atoms. The van der Waals surface area contributed by atoms with Crippen LogP contribution >= 0.6 is 12.4 Å². The summed E-state index contributed by atoms with van der Waals surface area (Å²) in [5.41, 5.74) is 5.82. The molecule has 1 aromatic heterocycles. The summed E-state index contributed by atoms with van der Waals surface area (Å²) in [7, 11) is -3.92. The Balaban J connectivity index is 0.00000180. The van der Waals surface area contributed by atoms with Gasteiger partial charge in [0, 0.05) is 12.6 Å². The fourth-order valence-corrected chi connectivity index (χ4v) is 2.05. The lowest BCUT2D eigenvalue weighted by Crippen LogP contribution is -2.38. The third-order valence-electron chi connectivity index (χ3n) is 2.81. The maximum Gasteiger partial charge on any atom is 0.287 e. The standard InChI is InChI=1S/C10H15N3O4S.ClH/c11-7(6-1-2-6)5-13-10(14)8-3-4-9(17-8)18(12,15)16;/h3-4,6-7H,1-2,5,11H2,(H,13,14)(H2,12,15,16);1H. The van der Waals surface area contributed by atoms with Crippen LogP contribution in [-0.4, -0.2) is 26.9 Å². The Labute approximate surface area is 117 Å². The number of rotatable bonds is 5. The van der Waals surface area contributed by atoms with Crippen molar-refractivity contribution in [3.05, 3.63) is 17.9 Å². The van der Waals surface area contributed by atoms with E-state index >= 15 is 0 Å². The fraction of sp³-hybridized carbons (Fsp3) is 0.500. The van der Waals surface area contributed by atoms with Crippen molar-refractivity contribution in [3.8, 4) is 0 Å². The second-order valence-electron chi connectivity index (χ2n) is 4.38. The second-order valence-corrected chi connectivity index (χ2v) is 5.87. The van der Waals surface area contributed by atoms with Crippen LogP contribution in [0.15, 0.2) is 21.6 Å². The molecule has 1 unspecified atom stereocenters. The van der Waals surface area contributed by atoms with Gasteiger partial charge in [0.15, 0.2) is 5.76 Å². The molecule has 0 saturated heterocycles. The SMILES string of the molecule is Cl.NC(CNC(=O)c1ccc(S(N)(=O)=O)o1)C1CC1. The first kappa shape index (κ1) is 16.0. The first-order chi connectivity index (χ1) is 8.38. The topological polar surface area (TPSA) is 128 Å². The lowest BCUT2D eigenvalue weighted by molar-refractivity contribution is 0.0917. The van der Waals surface area contributed by atoms with E-state index in [-0.39, 0.29) is 24.2 Å². The fourth-order valence-electron chi connectivity index (χ4n) is 1.58. The van der Waals surface area contributed by atoms with E-state index in [1.807, 2.05) is 0 Å². The Bertz CT molecular complexity index is 553. The van der Waals surface area contributed by atoms with Crippen LogP contribution in [0.25, 0.3) is 0 Å². The van der Waals surface area contributed by atoms with Gasteiger partial charge in [0.1, 0.15) is 0 Å². The van der Waals surface area contributed by atoms with Crippen LogP contribution < -0.4 is 16.2 Å². The molecular formula is C10H16ClN3O4S. The highest BCUT2D eigenvalue weighted by Crippen LogP contribution is 2.31. The maximum absolute atomic E-state index is 11.6. The van der Waals surface area contributed by atoms with Crippen molar-refractivity contribution in [2.24, 2.45) is 16.8 Å². The highest BCUT2D eigenvalue weighted by Gasteiger charge is 2.28. The van der Waals surface area contributed by atoms with Crippen molar-refractivity contribution in [2.45, 2.75) is 24.0 Å². The molecule has 1 amide bonds. The summed E-state index contributed by atoms with van der Waals surface area (Å²) in [5.74, 6) is -0.120. The van der Waals surface area contributed by atoms with Crippen molar-refractivity contribution >= 4 is 28.3 Å². The molecule has 0 aliphatic heterocycles. The zero-order valence-corrected chi connectivity index (χ0v) is 11.7.